The molecule has 0 bridgehead atoms. The Morgan fingerprint density at radius 1 is 1.47 bits per heavy atom. The number of hydrogen-bond acceptors (Lipinski definition) is 4. The van der Waals surface area contributed by atoms with Crippen LogP contribution in [0.5, 0.6) is 0 Å². The molecule has 0 saturated carbocycles. The van der Waals surface area contributed by atoms with E-state index in [-0.39, 0.29) is 0 Å². The van der Waals surface area contributed by atoms with E-state index in [0.29, 0.717) is 12.7 Å². The summed E-state index contributed by atoms with van der Waals surface area (Å²) in [5.74, 6) is -0.499. The minimum Gasteiger partial charge on any atom is -0.384 e. The summed E-state index contributed by atoms with van der Waals surface area (Å²) in [7, 11) is 1.87. The van der Waals surface area contributed by atoms with Gasteiger partial charge in [0, 0.05) is 0 Å². The average molecular weight is 216 g/mol. The van der Waals surface area contributed by atoms with E-state index in [0.717, 1.165) is 19.4 Å². The molecule has 0 fully saturated rings. The van der Waals surface area contributed by atoms with Crippen molar-refractivity contribution in [2.45, 2.75) is 38.3 Å². The first kappa shape index (κ1) is 14.1. The van der Waals surface area contributed by atoms with Gasteiger partial charge in [0.05, 0.1) is 6.04 Å². The lowest BCUT2D eigenvalue weighted by atomic mass is 10.1. The van der Waals surface area contributed by atoms with Crippen molar-refractivity contribution in [3.63, 3.8) is 0 Å². The molecule has 2 unspecified atom stereocenters. The number of aliphatic hydroxyl groups excluding tert-OH is 1. The number of rotatable bonds is 8. The summed E-state index contributed by atoms with van der Waals surface area (Å²) in [5.41, 5.74) is 0. The van der Waals surface area contributed by atoms with Crippen LogP contribution in [0.4, 0.5) is 0 Å². The lowest BCUT2D eigenvalue weighted by Crippen LogP contribution is -2.41. The number of hydrogen-bond donors (Lipinski definition) is 3. The van der Waals surface area contributed by atoms with Crippen LogP contribution in [0.15, 0.2) is 0 Å². The Labute approximate surface area is 90.2 Å². The zero-order valence-electron chi connectivity index (χ0n) is 9.32. The van der Waals surface area contributed by atoms with Gasteiger partial charge in [-0.3, -0.25) is 4.79 Å². The first-order chi connectivity index (χ1) is 7.11. The second-order valence-electron chi connectivity index (χ2n) is 3.53. The van der Waals surface area contributed by atoms with Crippen LogP contribution >= 0.6 is 0 Å². The van der Waals surface area contributed by atoms with E-state index in [1.165, 1.54) is 6.92 Å². The zero-order chi connectivity index (χ0) is 11.7. The van der Waals surface area contributed by atoms with Crippen molar-refractivity contribution < 1.29 is 14.7 Å². The summed E-state index contributed by atoms with van der Waals surface area (Å²) in [6.45, 7) is 2.27. The molecule has 5 heteroatoms. The van der Waals surface area contributed by atoms with Crippen molar-refractivity contribution in [1.82, 2.24) is 10.6 Å². The van der Waals surface area contributed by atoms with Crippen LogP contribution < -0.4 is 10.6 Å². The van der Waals surface area contributed by atoms with E-state index in [1.807, 2.05) is 7.05 Å². The van der Waals surface area contributed by atoms with Gasteiger partial charge in [0.15, 0.2) is 0 Å². The van der Waals surface area contributed by atoms with Crippen molar-refractivity contribution in [1.29, 1.82) is 0 Å². The monoisotopic (exact) mass is 216 g/mol. The highest BCUT2D eigenvalue weighted by Crippen LogP contribution is 1.99. The maximum atomic E-state index is 11.1. The maximum absolute atomic E-state index is 11.1. The molecule has 1 amide bonds. The number of amides is 1. The number of aliphatic hydroxyl groups is 1. The number of nitrogens with one attached hydrogen (secondary N) is 2. The van der Waals surface area contributed by atoms with Gasteiger partial charge in [0.1, 0.15) is 12.4 Å². The molecule has 0 rings (SSSR count). The summed E-state index contributed by atoms with van der Waals surface area (Å²) in [5, 5.41) is 14.4. The zero-order valence-corrected chi connectivity index (χ0v) is 9.32. The van der Waals surface area contributed by atoms with Crippen LogP contribution in [0.1, 0.15) is 26.2 Å². The molecule has 0 aliphatic rings. The van der Waals surface area contributed by atoms with Crippen LogP contribution in [0.25, 0.3) is 0 Å². The molecule has 0 spiro atoms. The molecule has 2 atom stereocenters. The molecule has 0 aromatic rings. The average Bonchev–Trinajstić information content (AvgIpc) is 2.22. The van der Waals surface area contributed by atoms with E-state index < -0.39 is 18.1 Å². The number of unbranched alkanes of at least 4 members (excludes halogenated alkanes) is 1. The predicted octanol–water partition coefficient (Wildman–Crippen LogP) is -0.559. The highest BCUT2D eigenvalue weighted by molar-refractivity contribution is 5.82. The Balaban J connectivity index is 3.73. The van der Waals surface area contributed by atoms with Gasteiger partial charge in [0.25, 0.3) is 0 Å². The Morgan fingerprint density at radius 2 is 2.13 bits per heavy atom. The van der Waals surface area contributed by atoms with Crippen molar-refractivity contribution in [3.05, 3.63) is 0 Å². The smallest absolute Gasteiger partial charge is 0.249 e. The van der Waals surface area contributed by atoms with Crippen molar-refractivity contribution in [3.8, 4) is 0 Å². The van der Waals surface area contributed by atoms with Crippen LogP contribution in [0, 0.1) is 0 Å². The van der Waals surface area contributed by atoms with E-state index >= 15 is 0 Å². The van der Waals surface area contributed by atoms with Gasteiger partial charge >= 0.3 is 0 Å². The van der Waals surface area contributed by atoms with Gasteiger partial charge in [-0.15, -0.1) is 0 Å². The van der Waals surface area contributed by atoms with Gasteiger partial charge in [-0.05, 0) is 39.8 Å². The highest BCUT2D eigenvalue weighted by atomic mass is 16.3. The number of carbonyl (C=O) groups is 2. The third kappa shape index (κ3) is 7.04. The van der Waals surface area contributed by atoms with Gasteiger partial charge < -0.3 is 20.5 Å². The fraction of sp³-hybridized carbons (Fsp3) is 0.800. The predicted molar refractivity (Wildman–Crippen MR) is 57.5 cm³/mol. The molecule has 0 aromatic heterocycles. The molecule has 0 radical (unpaired) electrons. The normalized spacial score (nSPS) is 14.3. The standard InChI is InChI=1S/C10H20N2O3/c1-8(14)10(15)12-9(7-13)5-3-4-6-11-2/h7-9,11,14H,3-6H2,1-2H3,(H,12,15). The van der Waals surface area contributed by atoms with E-state index in [2.05, 4.69) is 10.6 Å². The molecule has 5 nitrogen and oxygen atoms in total. The minimum absolute atomic E-state index is 0.482. The molecule has 0 aromatic carbocycles. The molecule has 88 valence electrons. The van der Waals surface area contributed by atoms with Crippen LogP contribution in [0.3, 0.4) is 0 Å². The summed E-state index contributed by atoms with van der Waals surface area (Å²) < 4.78 is 0. The van der Waals surface area contributed by atoms with Crippen LogP contribution in [0.2, 0.25) is 0 Å². The largest absolute Gasteiger partial charge is 0.384 e. The first-order valence-electron chi connectivity index (χ1n) is 5.20. The van der Waals surface area contributed by atoms with Gasteiger partial charge in [-0.1, -0.05) is 0 Å². The first-order valence-corrected chi connectivity index (χ1v) is 5.20. The molecule has 0 saturated heterocycles. The molecule has 0 aliphatic heterocycles. The number of carbonyl (C=O) groups excluding carboxylic acids is 2. The van der Waals surface area contributed by atoms with Gasteiger partial charge in [-0.2, -0.15) is 0 Å². The van der Waals surface area contributed by atoms with Crippen molar-refractivity contribution >= 4 is 12.2 Å². The lowest BCUT2D eigenvalue weighted by Gasteiger charge is -2.13. The Morgan fingerprint density at radius 3 is 2.60 bits per heavy atom. The molecule has 3 N–H and O–H groups in total. The third-order valence-corrected chi connectivity index (χ3v) is 2.06. The Kier molecular flexibility index (Phi) is 7.85. The second kappa shape index (κ2) is 8.38. The van der Waals surface area contributed by atoms with Crippen LogP contribution in [-0.4, -0.2) is 43.0 Å². The van der Waals surface area contributed by atoms with Crippen molar-refractivity contribution in [2.75, 3.05) is 13.6 Å². The fourth-order valence-corrected chi connectivity index (χ4v) is 1.14. The Hall–Kier alpha value is -0.940. The van der Waals surface area contributed by atoms with E-state index in [1.54, 1.807) is 0 Å². The van der Waals surface area contributed by atoms with Crippen LogP contribution in [-0.2, 0) is 9.59 Å². The van der Waals surface area contributed by atoms with Gasteiger partial charge in [0.2, 0.25) is 5.91 Å². The highest BCUT2D eigenvalue weighted by Gasteiger charge is 2.14. The van der Waals surface area contributed by atoms with Gasteiger partial charge in [-0.25, -0.2) is 0 Å². The minimum atomic E-state index is -1.07. The molecular weight excluding hydrogens is 196 g/mol. The molecular formula is C10H20N2O3. The van der Waals surface area contributed by atoms with E-state index in [4.69, 9.17) is 5.11 Å². The summed E-state index contributed by atoms with van der Waals surface area (Å²) >= 11 is 0. The third-order valence-electron chi connectivity index (χ3n) is 2.06. The molecule has 0 aliphatic carbocycles. The van der Waals surface area contributed by atoms with E-state index in [9.17, 15) is 9.59 Å². The summed E-state index contributed by atoms with van der Waals surface area (Å²) in [4.78, 5) is 21.7. The van der Waals surface area contributed by atoms with Crippen molar-refractivity contribution in [2.24, 2.45) is 0 Å². The summed E-state index contributed by atoms with van der Waals surface area (Å²) in [6, 6.07) is -0.482. The molecule has 15 heavy (non-hydrogen) atoms. The fourth-order valence-electron chi connectivity index (χ4n) is 1.14. The maximum Gasteiger partial charge on any atom is 0.249 e. The quantitative estimate of drug-likeness (QED) is 0.375. The topological polar surface area (TPSA) is 78.4 Å². The second-order valence-corrected chi connectivity index (χ2v) is 3.53. The SMILES string of the molecule is CNCCCCC(C=O)NC(=O)C(C)O. The number of aldehydes is 1. The summed E-state index contributed by atoms with van der Waals surface area (Å²) in [6.07, 6.45) is 2.09. The lowest BCUT2D eigenvalue weighted by molar-refractivity contribution is -0.130. The molecule has 0 heterocycles. The Bertz CT molecular complexity index is 195.